The summed E-state index contributed by atoms with van der Waals surface area (Å²) < 4.78 is 23.0. The Bertz CT molecular complexity index is 950. The second-order valence-electron chi connectivity index (χ2n) is 7.68. The van der Waals surface area contributed by atoms with Crippen LogP contribution < -0.4 is 10.6 Å². The second kappa shape index (κ2) is 7.09. The highest BCUT2D eigenvalue weighted by atomic mass is 32.2. The Morgan fingerprint density at radius 2 is 1.85 bits per heavy atom. The summed E-state index contributed by atoms with van der Waals surface area (Å²) in [5.74, 6) is 1.18. The Morgan fingerprint density at radius 1 is 1.11 bits per heavy atom. The lowest BCUT2D eigenvalue weighted by atomic mass is 10.1. The first kappa shape index (κ1) is 18.2. The molecule has 0 aromatic heterocycles. The zero-order chi connectivity index (χ0) is 19.0. The Morgan fingerprint density at radius 3 is 2.52 bits per heavy atom. The van der Waals surface area contributed by atoms with Crippen LogP contribution in [0.15, 0.2) is 53.4 Å². The van der Waals surface area contributed by atoms with Gasteiger partial charge in [0.25, 0.3) is 5.91 Å². The summed E-state index contributed by atoms with van der Waals surface area (Å²) >= 11 is 0. The predicted molar refractivity (Wildman–Crippen MR) is 106 cm³/mol. The first-order chi connectivity index (χ1) is 12.9. The molecule has 0 radical (unpaired) electrons. The van der Waals surface area contributed by atoms with Crippen molar-refractivity contribution in [2.45, 2.75) is 36.1 Å². The van der Waals surface area contributed by atoms with E-state index in [1.165, 1.54) is 30.5 Å². The van der Waals surface area contributed by atoms with Crippen molar-refractivity contribution >= 4 is 21.4 Å². The molecule has 2 saturated carbocycles. The number of rotatable bonds is 7. The average Bonchev–Trinajstić information content (AvgIpc) is 3.54. The van der Waals surface area contributed by atoms with Crippen molar-refractivity contribution in [3.05, 3.63) is 59.7 Å². The molecule has 0 unspecified atom stereocenters. The van der Waals surface area contributed by atoms with Crippen molar-refractivity contribution in [1.82, 2.24) is 5.32 Å². The SMILES string of the molecule is CS(=O)(=O)c1ccc(NC(=O)c2cccc([C@@H]3C[C@H]3NCC3CC3)c2)cc1. The molecule has 0 aliphatic heterocycles. The van der Waals surface area contributed by atoms with E-state index < -0.39 is 9.84 Å². The molecule has 2 fully saturated rings. The van der Waals surface area contributed by atoms with Crippen LogP contribution in [0.25, 0.3) is 0 Å². The quantitative estimate of drug-likeness (QED) is 0.769. The van der Waals surface area contributed by atoms with Gasteiger partial charge < -0.3 is 10.6 Å². The third kappa shape index (κ3) is 4.57. The van der Waals surface area contributed by atoms with E-state index in [-0.39, 0.29) is 10.8 Å². The van der Waals surface area contributed by atoms with Crippen LogP contribution in [0, 0.1) is 5.92 Å². The molecule has 2 aromatic rings. The number of sulfone groups is 1. The lowest BCUT2D eigenvalue weighted by Crippen LogP contribution is -2.20. The monoisotopic (exact) mass is 384 g/mol. The van der Waals surface area contributed by atoms with Crippen molar-refractivity contribution in [3.8, 4) is 0 Å². The molecular formula is C21H24N2O3S. The molecule has 2 aliphatic carbocycles. The van der Waals surface area contributed by atoms with E-state index >= 15 is 0 Å². The van der Waals surface area contributed by atoms with E-state index in [2.05, 4.69) is 16.7 Å². The number of carbonyl (C=O) groups excluding carboxylic acids is 1. The number of hydrogen-bond acceptors (Lipinski definition) is 4. The van der Waals surface area contributed by atoms with Crippen LogP contribution >= 0.6 is 0 Å². The number of hydrogen-bond donors (Lipinski definition) is 2. The number of carbonyl (C=O) groups is 1. The third-order valence-electron chi connectivity index (χ3n) is 5.27. The topological polar surface area (TPSA) is 75.3 Å². The summed E-state index contributed by atoms with van der Waals surface area (Å²) in [6, 6.07) is 14.5. The lowest BCUT2D eigenvalue weighted by molar-refractivity contribution is 0.102. The molecule has 27 heavy (non-hydrogen) atoms. The molecule has 0 heterocycles. The molecule has 2 N–H and O–H groups in total. The molecule has 4 rings (SSSR count). The summed E-state index contributed by atoms with van der Waals surface area (Å²) in [6.45, 7) is 1.12. The lowest BCUT2D eigenvalue weighted by Gasteiger charge is -2.08. The van der Waals surface area contributed by atoms with Crippen molar-refractivity contribution in [2.75, 3.05) is 18.1 Å². The van der Waals surface area contributed by atoms with Crippen LogP contribution in [-0.2, 0) is 9.84 Å². The van der Waals surface area contributed by atoms with Gasteiger partial charge in [0.05, 0.1) is 4.90 Å². The van der Waals surface area contributed by atoms with Crippen molar-refractivity contribution < 1.29 is 13.2 Å². The molecule has 0 saturated heterocycles. The summed E-state index contributed by atoms with van der Waals surface area (Å²) in [5, 5.41) is 6.46. The van der Waals surface area contributed by atoms with Gasteiger partial charge >= 0.3 is 0 Å². The van der Waals surface area contributed by atoms with Crippen LogP contribution in [0.4, 0.5) is 5.69 Å². The van der Waals surface area contributed by atoms with Gasteiger partial charge in [-0.25, -0.2) is 8.42 Å². The summed E-state index contributed by atoms with van der Waals surface area (Å²) in [6.07, 6.45) is 5.00. The van der Waals surface area contributed by atoms with Gasteiger partial charge in [-0.15, -0.1) is 0 Å². The molecule has 0 bridgehead atoms. The van der Waals surface area contributed by atoms with Gasteiger partial charge in [0.15, 0.2) is 9.84 Å². The minimum atomic E-state index is -3.24. The summed E-state index contributed by atoms with van der Waals surface area (Å²) in [4.78, 5) is 12.8. The highest BCUT2D eigenvalue weighted by molar-refractivity contribution is 7.90. The van der Waals surface area contributed by atoms with Crippen LogP contribution in [-0.4, -0.2) is 33.2 Å². The first-order valence-electron chi connectivity index (χ1n) is 9.35. The zero-order valence-corrected chi connectivity index (χ0v) is 16.1. The largest absolute Gasteiger partial charge is 0.322 e. The molecule has 5 nitrogen and oxygen atoms in total. The Hall–Kier alpha value is -2.18. The molecule has 142 valence electrons. The summed E-state index contributed by atoms with van der Waals surface area (Å²) in [7, 11) is -3.24. The predicted octanol–water partition coefficient (Wildman–Crippen LogP) is 3.20. The number of amides is 1. The van der Waals surface area contributed by atoms with Crippen molar-refractivity contribution in [1.29, 1.82) is 0 Å². The fourth-order valence-corrected chi connectivity index (χ4v) is 3.96. The third-order valence-corrected chi connectivity index (χ3v) is 6.40. The Kier molecular flexibility index (Phi) is 4.78. The van der Waals surface area contributed by atoms with Crippen LogP contribution in [0.2, 0.25) is 0 Å². The van der Waals surface area contributed by atoms with Crippen LogP contribution in [0.3, 0.4) is 0 Å². The van der Waals surface area contributed by atoms with E-state index in [1.54, 1.807) is 18.2 Å². The van der Waals surface area contributed by atoms with E-state index in [0.29, 0.717) is 23.2 Å². The maximum atomic E-state index is 12.6. The summed E-state index contributed by atoms with van der Waals surface area (Å²) in [5.41, 5.74) is 2.39. The fraction of sp³-hybridized carbons (Fsp3) is 0.381. The number of nitrogens with one attached hydrogen (secondary N) is 2. The minimum absolute atomic E-state index is 0.188. The maximum absolute atomic E-state index is 12.6. The van der Waals surface area contributed by atoms with Gasteiger partial charge in [0.1, 0.15) is 0 Å². The molecular weight excluding hydrogens is 360 g/mol. The van der Waals surface area contributed by atoms with Gasteiger partial charge in [-0.2, -0.15) is 0 Å². The highest BCUT2D eigenvalue weighted by Crippen LogP contribution is 2.41. The van der Waals surface area contributed by atoms with E-state index in [9.17, 15) is 13.2 Å². The zero-order valence-electron chi connectivity index (χ0n) is 15.3. The average molecular weight is 385 g/mol. The number of anilines is 1. The van der Waals surface area contributed by atoms with Crippen LogP contribution in [0.5, 0.6) is 0 Å². The standard InChI is InChI=1S/C21H24N2O3S/c1-27(25,26)18-9-7-17(8-10-18)23-21(24)16-4-2-3-15(11-16)19-12-20(19)22-13-14-5-6-14/h2-4,7-11,14,19-20,22H,5-6,12-13H2,1H3,(H,23,24)/t19-,20+/m0/s1. The van der Waals surface area contributed by atoms with Gasteiger partial charge in [-0.05, 0) is 73.7 Å². The molecule has 1 amide bonds. The molecule has 2 atom stereocenters. The highest BCUT2D eigenvalue weighted by Gasteiger charge is 2.39. The molecule has 2 aliphatic rings. The fourth-order valence-electron chi connectivity index (χ4n) is 3.33. The smallest absolute Gasteiger partial charge is 0.255 e. The Labute approximate surface area is 160 Å². The van der Waals surface area contributed by atoms with Gasteiger partial charge in [0.2, 0.25) is 0 Å². The second-order valence-corrected chi connectivity index (χ2v) is 9.69. The van der Waals surface area contributed by atoms with E-state index in [4.69, 9.17) is 0 Å². The van der Waals surface area contributed by atoms with Gasteiger partial charge in [-0.3, -0.25) is 4.79 Å². The molecule has 2 aromatic carbocycles. The first-order valence-corrected chi connectivity index (χ1v) is 11.2. The Balaban J connectivity index is 1.39. The van der Waals surface area contributed by atoms with E-state index in [0.717, 1.165) is 25.1 Å². The van der Waals surface area contributed by atoms with Gasteiger partial charge in [-0.1, -0.05) is 12.1 Å². The molecule has 6 heteroatoms. The molecule has 0 spiro atoms. The van der Waals surface area contributed by atoms with Crippen molar-refractivity contribution in [2.24, 2.45) is 5.92 Å². The minimum Gasteiger partial charge on any atom is -0.322 e. The van der Waals surface area contributed by atoms with Gasteiger partial charge in [0, 0.05) is 29.5 Å². The van der Waals surface area contributed by atoms with Crippen LogP contribution in [0.1, 0.15) is 41.1 Å². The normalized spacial score (nSPS) is 21.7. The maximum Gasteiger partial charge on any atom is 0.255 e. The number of benzene rings is 2. The van der Waals surface area contributed by atoms with E-state index in [1.807, 2.05) is 12.1 Å². The van der Waals surface area contributed by atoms with Crippen molar-refractivity contribution in [3.63, 3.8) is 0 Å².